The Morgan fingerprint density at radius 1 is 1.54 bits per heavy atom. The molecule has 2 N–H and O–H groups in total. The standard InChI is InChI=1S/C10H15BrN2/c1-8(5-12)2-3-9-4-10(11)7-13-6-9/h4,6-8H,2-3,5,12H2,1H3. The minimum absolute atomic E-state index is 0.596. The summed E-state index contributed by atoms with van der Waals surface area (Å²) in [5, 5.41) is 0. The highest BCUT2D eigenvalue weighted by molar-refractivity contribution is 9.10. The number of nitrogens with two attached hydrogens (primary N) is 1. The van der Waals surface area contributed by atoms with Crippen molar-refractivity contribution in [1.82, 2.24) is 4.98 Å². The number of hydrogen-bond donors (Lipinski definition) is 1. The van der Waals surface area contributed by atoms with E-state index < -0.39 is 0 Å². The van der Waals surface area contributed by atoms with Gasteiger partial charge in [0.25, 0.3) is 0 Å². The SMILES string of the molecule is CC(CN)CCc1cncc(Br)c1. The second kappa shape index (κ2) is 5.35. The molecule has 0 aliphatic heterocycles. The summed E-state index contributed by atoms with van der Waals surface area (Å²) in [5.74, 6) is 0.596. The van der Waals surface area contributed by atoms with Crippen molar-refractivity contribution in [1.29, 1.82) is 0 Å². The Hall–Kier alpha value is -0.410. The molecular weight excluding hydrogens is 228 g/mol. The Balaban J connectivity index is 2.45. The summed E-state index contributed by atoms with van der Waals surface area (Å²) in [5.41, 5.74) is 6.81. The molecule has 0 fully saturated rings. The largest absolute Gasteiger partial charge is 0.330 e. The van der Waals surface area contributed by atoms with Crippen LogP contribution < -0.4 is 5.73 Å². The van der Waals surface area contributed by atoms with Crippen molar-refractivity contribution in [2.45, 2.75) is 19.8 Å². The maximum Gasteiger partial charge on any atom is 0.0410 e. The van der Waals surface area contributed by atoms with E-state index in [4.69, 9.17) is 5.73 Å². The molecule has 13 heavy (non-hydrogen) atoms. The van der Waals surface area contributed by atoms with Gasteiger partial charge >= 0.3 is 0 Å². The van der Waals surface area contributed by atoms with Crippen molar-refractivity contribution >= 4 is 15.9 Å². The predicted molar refractivity (Wildman–Crippen MR) is 58.5 cm³/mol. The van der Waals surface area contributed by atoms with Crippen LogP contribution in [0.15, 0.2) is 22.9 Å². The van der Waals surface area contributed by atoms with Gasteiger partial charge in [0.05, 0.1) is 0 Å². The third-order valence-corrected chi connectivity index (χ3v) is 2.52. The molecule has 0 spiro atoms. The lowest BCUT2D eigenvalue weighted by Gasteiger charge is -2.07. The molecular formula is C10H15BrN2. The van der Waals surface area contributed by atoms with Gasteiger partial charge in [-0.25, -0.2) is 0 Å². The van der Waals surface area contributed by atoms with Crippen molar-refractivity contribution in [3.63, 3.8) is 0 Å². The molecule has 2 nitrogen and oxygen atoms in total. The quantitative estimate of drug-likeness (QED) is 0.881. The van der Waals surface area contributed by atoms with E-state index in [1.54, 1.807) is 6.20 Å². The molecule has 1 unspecified atom stereocenters. The normalized spacial score (nSPS) is 12.8. The topological polar surface area (TPSA) is 38.9 Å². The molecule has 0 aliphatic carbocycles. The van der Waals surface area contributed by atoms with Crippen LogP contribution in [-0.2, 0) is 6.42 Å². The van der Waals surface area contributed by atoms with Crippen LogP contribution in [0.4, 0.5) is 0 Å². The zero-order valence-electron chi connectivity index (χ0n) is 7.83. The highest BCUT2D eigenvalue weighted by Gasteiger charge is 2.00. The van der Waals surface area contributed by atoms with Crippen molar-refractivity contribution in [3.8, 4) is 0 Å². The van der Waals surface area contributed by atoms with Crippen LogP contribution in [0.3, 0.4) is 0 Å². The molecule has 0 bridgehead atoms. The van der Waals surface area contributed by atoms with E-state index in [9.17, 15) is 0 Å². The van der Waals surface area contributed by atoms with Gasteiger partial charge in [0.15, 0.2) is 0 Å². The number of aryl methyl sites for hydroxylation is 1. The average Bonchev–Trinajstić information content (AvgIpc) is 2.14. The lowest BCUT2D eigenvalue weighted by Crippen LogP contribution is -2.11. The molecule has 72 valence electrons. The van der Waals surface area contributed by atoms with Crippen LogP contribution in [-0.4, -0.2) is 11.5 Å². The lowest BCUT2D eigenvalue weighted by atomic mass is 10.0. The third-order valence-electron chi connectivity index (χ3n) is 2.09. The second-order valence-electron chi connectivity index (χ2n) is 3.39. The average molecular weight is 243 g/mol. The Morgan fingerprint density at radius 3 is 2.92 bits per heavy atom. The maximum absolute atomic E-state index is 5.54. The molecule has 0 aliphatic rings. The summed E-state index contributed by atoms with van der Waals surface area (Å²) in [6.45, 7) is 2.94. The number of rotatable bonds is 4. The van der Waals surface area contributed by atoms with E-state index in [0.29, 0.717) is 5.92 Å². The highest BCUT2D eigenvalue weighted by Crippen LogP contribution is 2.13. The van der Waals surface area contributed by atoms with E-state index in [1.165, 1.54) is 5.56 Å². The van der Waals surface area contributed by atoms with E-state index in [1.807, 2.05) is 6.20 Å². The maximum atomic E-state index is 5.54. The van der Waals surface area contributed by atoms with Gasteiger partial charge in [-0.1, -0.05) is 6.92 Å². The van der Waals surface area contributed by atoms with Crippen LogP contribution in [0.2, 0.25) is 0 Å². The third kappa shape index (κ3) is 3.87. The molecule has 0 aromatic carbocycles. The Kier molecular flexibility index (Phi) is 4.39. The van der Waals surface area contributed by atoms with Crippen LogP contribution in [0, 0.1) is 5.92 Å². The fourth-order valence-corrected chi connectivity index (χ4v) is 1.54. The number of hydrogen-bond acceptors (Lipinski definition) is 2. The van der Waals surface area contributed by atoms with Gasteiger partial charge in [0.1, 0.15) is 0 Å². The molecule has 0 saturated carbocycles. The summed E-state index contributed by atoms with van der Waals surface area (Å²) in [6, 6.07) is 2.11. The van der Waals surface area contributed by atoms with Crippen LogP contribution in [0.25, 0.3) is 0 Å². The van der Waals surface area contributed by atoms with Crippen molar-refractivity contribution in [2.75, 3.05) is 6.54 Å². The zero-order valence-corrected chi connectivity index (χ0v) is 9.42. The number of pyridine rings is 1. The Labute approximate surface area is 87.7 Å². The Morgan fingerprint density at radius 2 is 2.31 bits per heavy atom. The summed E-state index contributed by atoms with van der Waals surface area (Å²) < 4.78 is 1.05. The molecule has 1 atom stereocenters. The predicted octanol–water partition coefficient (Wildman–Crippen LogP) is 2.37. The van der Waals surface area contributed by atoms with E-state index >= 15 is 0 Å². The molecule has 1 heterocycles. The van der Waals surface area contributed by atoms with Crippen LogP contribution >= 0.6 is 15.9 Å². The van der Waals surface area contributed by atoms with Crippen molar-refractivity contribution in [2.24, 2.45) is 11.7 Å². The summed E-state index contributed by atoms with van der Waals surface area (Å²) >= 11 is 3.40. The van der Waals surface area contributed by atoms with Crippen LogP contribution in [0.5, 0.6) is 0 Å². The molecule has 0 amide bonds. The van der Waals surface area contributed by atoms with E-state index in [-0.39, 0.29) is 0 Å². The first-order valence-corrected chi connectivity index (χ1v) is 5.31. The molecule has 1 rings (SSSR count). The van der Waals surface area contributed by atoms with Gasteiger partial charge in [0.2, 0.25) is 0 Å². The summed E-state index contributed by atoms with van der Waals surface area (Å²) in [6.07, 6.45) is 5.91. The first-order valence-electron chi connectivity index (χ1n) is 4.52. The zero-order chi connectivity index (χ0) is 9.68. The molecule has 1 aromatic rings. The fourth-order valence-electron chi connectivity index (χ4n) is 1.12. The number of halogens is 1. The fraction of sp³-hybridized carbons (Fsp3) is 0.500. The van der Waals surface area contributed by atoms with Gasteiger partial charge in [-0.3, -0.25) is 4.98 Å². The molecule has 1 aromatic heterocycles. The monoisotopic (exact) mass is 242 g/mol. The second-order valence-corrected chi connectivity index (χ2v) is 4.31. The van der Waals surface area contributed by atoms with E-state index in [0.717, 1.165) is 23.9 Å². The summed E-state index contributed by atoms with van der Waals surface area (Å²) in [4.78, 5) is 4.11. The number of nitrogens with zero attached hydrogens (tertiary/aromatic N) is 1. The van der Waals surface area contributed by atoms with Crippen LogP contribution in [0.1, 0.15) is 18.9 Å². The smallest absolute Gasteiger partial charge is 0.0410 e. The van der Waals surface area contributed by atoms with Gasteiger partial charge in [-0.2, -0.15) is 0 Å². The van der Waals surface area contributed by atoms with Gasteiger partial charge in [-0.15, -0.1) is 0 Å². The highest BCUT2D eigenvalue weighted by atomic mass is 79.9. The van der Waals surface area contributed by atoms with Crippen molar-refractivity contribution < 1.29 is 0 Å². The van der Waals surface area contributed by atoms with Gasteiger partial charge in [-0.05, 0) is 52.9 Å². The minimum atomic E-state index is 0.596. The minimum Gasteiger partial charge on any atom is -0.330 e. The van der Waals surface area contributed by atoms with Gasteiger partial charge < -0.3 is 5.73 Å². The molecule has 0 saturated heterocycles. The lowest BCUT2D eigenvalue weighted by molar-refractivity contribution is 0.544. The summed E-state index contributed by atoms with van der Waals surface area (Å²) in [7, 11) is 0. The first kappa shape index (κ1) is 10.7. The first-order chi connectivity index (χ1) is 6.22. The molecule has 3 heteroatoms. The van der Waals surface area contributed by atoms with E-state index in [2.05, 4.69) is 33.9 Å². The Bertz CT molecular complexity index is 263. The van der Waals surface area contributed by atoms with Gasteiger partial charge in [0, 0.05) is 16.9 Å². The van der Waals surface area contributed by atoms with Crippen molar-refractivity contribution in [3.05, 3.63) is 28.5 Å². The molecule has 0 radical (unpaired) electrons. The number of aromatic nitrogens is 1.